The standard InChI is InChI=1S/C7H9NO2/c1-2-10-7-6(9)4-3-5-8-7/h3-5,9H,2H2,1H3. The summed E-state index contributed by atoms with van der Waals surface area (Å²) in [4.78, 5) is 3.80. The second-order valence-electron chi connectivity index (χ2n) is 1.76. The smallest absolute Gasteiger partial charge is 0.256 e. The normalized spacial score (nSPS) is 9.30. The fourth-order valence-corrected chi connectivity index (χ4v) is 0.630. The van der Waals surface area contributed by atoms with Crippen molar-refractivity contribution in [3.8, 4) is 11.6 Å². The van der Waals surface area contributed by atoms with Gasteiger partial charge in [-0.1, -0.05) is 0 Å². The Bertz CT molecular complexity index is 213. The van der Waals surface area contributed by atoms with Crippen molar-refractivity contribution < 1.29 is 9.84 Å². The first-order chi connectivity index (χ1) is 4.84. The van der Waals surface area contributed by atoms with Crippen LogP contribution in [-0.2, 0) is 0 Å². The largest absolute Gasteiger partial charge is 0.503 e. The number of pyridine rings is 1. The topological polar surface area (TPSA) is 42.4 Å². The number of nitrogens with zero attached hydrogens (tertiary/aromatic N) is 1. The molecular formula is C7H9NO2. The van der Waals surface area contributed by atoms with Crippen molar-refractivity contribution in [2.75, 3.05) is 6.61 Å². The van der Waals surface area contributed by atoms with E-state index in [-0.39, 0.29) is 5.75 Å². The van der Waals surface area contributed by atoms with Gasteiger partial charge in [-0.3, -0.25) is 0 Å². The summed E-state index contributed by atoms with van der Waals surface area (Å²) >= 11 is 0. The van der Waals surface area contributed by atoms with Crippen LogP contribution in [0.4, 0.5) is 0 Å². The second kappa shape index (κ2) is 3.06. The first-order valence-electron chi connectivity index (χ1n) is 3.11. The van der Waals surface area contributed by atoms with Gasteiger partial charge < -0.3 is 9.84 Å². The Labute approximate surface area is 59.3 Å². The molecule has 54 valence electrons. The zero-order valence-electron chi connectivity index (χ0n) is 5.74. The van der Waals surface area contributed by atoms with E-state index in [0.717, 1.165) is 0 Å². The highest BCUT2D eigenvalue weighted by Gasteiger charge is 1.98. The second-order valence-corrected chi connectivity index (χ2v) is 1.76. The van der Waals surface area contributed by atoms with E-state index in [0.29, 0.717) is 12.5 Å². The van der Waals surface area contributed by atoms with Crippen LogP contribution < -0.4 is 4.74 Å². The number of rotatable bonds is 2. The van der Waals surface area contributed by atoms with E-state index in [4.69, 9.17) is 9.84 Å². The molecule has 1 N–H and O–H groups in total. The molecule has 0 aromatic carbocycles. The van der Waals surface area contributed by atoms with Gasteiger partial charge in [0.2, 0.25) is 0 Å². The summed E-state index contributed by atoms with van der Waals surface area (Å²) in [5, 5.41) is 9.05. The molecule has 0 aliphatic rings. The molecule has 1 aromatic rings. The average molecular weight is 139 g/mol. The summed E-state index contributed by atoms with van der Waals surface area (Å²) in [5.41, 5.74) is 0. The van der Waals surface area contributed by atoms with Crippen molar-refractivity contribution >= 4 is 0 Å². The molecule has 3 heteroatoms. The van der Waals surface area contributed by atoms with Crippen LogP contribution in [0.1, 0.15) is 6.92 Å². The number of hydrogen-bond donors (Lipinski definition) is 1. The molecule has 0 saturated heterocycles. The van der Waals surface area contributed by atoms with Gasteiger partial charge in [-0.15, -0.1) is 0 Å². The summed E-state index contributed by atoms with van der Waals surface area (Å²) in [6, 6.07) is 3.19. The molecule has 10 heavy (non-hydrogen) atoms. The van der Waals surface area contributed by atoms with Crippen molar-refractivity contribution in [1.82, 2.24) is 4.98 Å². The Balaban J connectivity index is 2.81. The molecule has 0 fully saturated rings. The SMILES string of the molecule is CCOc1ncccc1O. The Morgan fingerprint density at radius 1 is 1.70 bits per heavy atom. The molecule has 0 aliphatic carbocycles. The Kier molecular flexibility index (Phi) is 2.10. The van der Waals surface area contributed by atoms with E-state index in [2.05, 4.69) is 4.98 Å². The van der Waals surface area contributed by atoms with Crippen LogP contribution in [0.15, 0.2) is 18.3 Å². The molecular weight excluding hydrogens is 130 g/mol. The molecule has 0 amide bonds. The van der Waals surface area contributed by atoms with E-state index < -0.39 is 0 Å². The van der Waals surface area contributed by atoms with Gasteiger partial charge in [0.05, 0.1) is 6.61 Å². The van der Waals surface area contributed by atoms with Gasteiger partial charge >= 0.3 is 0 Å². The summed E-state index contributed by atoms with van der Waals surface area (Å²) in [5.74, 6) is 0.384. The molecule has 3 nitrogen and oxygen atoms in total. The molecule has 0 spiro atoms. The highest BCUT2D eigenvalue weighted by Crippen LogP contribution is 2.20. The third-order valence-electron chi connectivity index (χ3n) is 1.03. The fourth-order valence-electron chi connectivity index (χ4n) is 0.630. The van der Waals surface area contributed by atoms with Crippen molar-refractivity contribution in [2.45, 2.75) is 6.92 Å². The first-order valence-corrected chi connectivity index (χ1v) is 3.11. The maximum absolute atomic E-state index is 9.05. The molecule has 0 bridgehead atoms. The van der Waals surface area contributed by atoms with Gasteiger partial charge in [0.15, 0.2) is 5.75 Å². The molecule has 1 heterocycles. The van der Waals surface area contributed by atoms with Crippen molar-refractivity contribution in [2.24, 2.45) is 0 Å². The summed E-state index contributed by atoms with van der Waals surface area (Å²) in [7, 11) is 0. The lowest BCUT2D eigenvalue weighted by Gasteiger charge is -2.01. The minimum Gasteiger partial charge on any atom is -0.503 e. The zero-order chi connectivity index (χ0) is 7.40. The minimum atomic E-state index is 0.0874. The number of aromatic nitrogens is 1. The van der Waals surface area contributed by atoms with Crippen molar-refractivity contribution in [3.63, 3.8) is 0 Å². The van der Waals surface area contributed by atoms with Crippen LogP contribution in [0.2, 0.25) is 0 Å². The third kappa shape index (κ3) is 1.37. The number of ether oxygens (including phenoxy) is 1. The Hall–Kier alpha value is -1.25. The van der Waals surface area contributed by atoms with Gasteiger partial charge in [-0.05, 0) is 19.1 Å². The van der Waals surface area contributed by atoms with Gasteiger partial charge in [0.1, 0.15) is 0 Å². The average Bonchev–Trinajstić information content (AvgIpc) is 1.94. The summed E-state index contributed by atoms with van der Waals surface area (Å²) in [6.07, 6.45) is 1.57. The lowest BCUT2D eigenvalue weighted by atomic mass is 10.4. The maximum atomic E-state index is 9.05. The van der Waals surface area contributed by atoms with E-state index in [9.17, 15) is 0 Å². The van der Waals surface area contributed by atoms with Crippen LogP contribution in [0.5, 0.6) is 11.6 Å². The monoisotopic (exact) mass is 139 g/mol. The van der Waals surface area contributed by atoms with Gasteiger partial charge in [-0.25, -0.2) is 4.98 Å². The highest BCUT2D eigenvalue weighted by molar-refractivity contribution is 5.30. The van der Waals surface area contributed by atoms with Crippen LogP contribution in [0, 0.1) is 0 Å². The molecule has 0 saturated carbocycles. The van der Waals surface area contributed by atoms with Crippen LogP contribution in [-0.4, -0.2) is 16.7 Å². The van der Waals surface area contributed by atoms with Crippen LogP contribution >= 0.6 is 0 Å². The summed E-state index contributed by atoms with van der Waals surface area (Å²) < 4.78 is 4.98. The van der Waals surface area contributed by atoms with E-state index in [1.165, 1.54) is 6.07 Å². The fraction of sp³-hybridized carbons (Fsp3) is 0.286. The van der Waals surface area contributed by atoms with E-state index in [1.54, 1.807) is 12.3 Å². The molecule has 0 radical (unpaired) electrons. The van der Waals surface area contributed by atoms with Crippen LogP contribution in [0.3, 0.4) is 0 Å². The molecule has 0 unspecified atom stereocenters. The highest BCUT2D eigenvalue weighted by atomic mass is 16.5. The Morgan fingerprint density at radius 2 is 2.50 bits per heavy atom. The zero-order valence-corrected chi connectivity index (χ0v) is 5.74. The van der Waals surface area contributed by atoms with Crippen molar-refractivity contribution in [1.29, 1.82) is 0 Å². The predicted molar refractivity (Wildman–Crippen MR) is 37.1 cm³/mol. The third-order valence-corrected chi connectivity index (χ3v) is 1.03. The molecule has 0 atom stereocenters. The van der Waals surface area contributed by atoms with E-state index >= 15 is 0 Å². The number of aromatic hydroxyl groups is 1. The van der Waals surface area contributed by atoms with Crippen molar-refractivity contribution in [3.05, 3.63) is 18.3 Å². The van der Waals surface area contributed by atoms with Crippen LogP contribution in [0.25, 0.3) is 0 Å². The lowest BCUT2D eigenvalue weighted by molar-refractivity contribution is 0.305. The summed E-state index contributed by atoms with van der Waals surface area (Å²) in [6.45, 7) is 2.36. The van der Waals surface area contributed by atoms with Gasteiger partial charge in [0, 0.05) is 6.20 Å². The van der Waals surface area contributed by atoms with E-state index in [1.807, 2.05) is 6.92 Å². The Morgan fingerprint density at radius 3 is 3.10 bits per heavy atom. The van der Waals surface area contributed by atoms with Gasteiger partial charge in [-0.2, -0.15) is 0 Å². The molecule has 1 rings (SSSR count). The predicted octanol–water partition coefficient (Wildman–Crippen LogP) is 1.19. The maximum Gasteiger partial charge on any atom is 0.256 e. The lowest BCUT2D eigenvalue weighted by Crippen LogP contribution is -1.93. The molecule has 0 aliphatic heterocycles. The quantitative estimate of drug-likeness (QED) is 0.669. The molecule has 1 aromatic heterocycles. The van der Waals surface area contributed by atoms with Gasteiger partial charge in [0.25, 0.3) is 5.88 Å². The first kappa shape index (κ1) is 6.86. The number of hydrogen-bond acceptors (Lipinski definition) is 3. The minimum absolute atomic E-state index is 0.0874.